The van der Waals surface area contributed by atoms with Crippen LogP contribution in [0.25, 0.3) is 0 Å². The van der Waals surface area contributed by atoms with Crippen LogP contribution in [-0.4, -0.2) is 34.5 Å². The average Bonchev–Trinajstić information content (AvgIpc) is 3.08. The second-order valence-electron chi connectivity index (χ2n) is 6.81. The first-order valence-corrected chi connectivity index (χ1v) is 12.7. The van der Waals surface area contributed by atoms with Gasteiger partial charge in [-0.2, -0.15) is 0 Å². The van der Waals surface area contributed by atoms with Crippen LogP contribution in [0.15, 0.2) is 38.8 Å². The lowest BCUT2D eigenvalue weighted by Crippen LogP contribution is -2.33. The Bertz CT molecular complexity index is 1100. The molecule has 2 N–H and O–H groups in total. The van der Waals surface area contributed by atoms with Gasteiger partial charge in [-0.1, -0.05) is 24.6 Å². The number of fused-ring (bicyclic) bond motifs is 1. The van der Waals surface area contributed by atoms with E-state index in [1.54, 1.807) is 19.1 Å². The Hall–Kier alpha value is -1.75. The summed E-state index contributed by atoms with van der Waals surface area (Å²) in [6.45, 7) is 6.00. The highest BCUT2D eigenvalue weighted by Crippen LogP contribution is 2.42. The molecular formula is C18H22N2O5S3. The van der Waals surface area contributed by atoms with E-state index >= 15 is 0 Å². The van der Waals surface area contributed by atoms with Gasteiger partial charge in [0.2, 0.25) is 0 Å². The highest BCUT2D eigenvalue weighted by Gasteiger charge is 2.39. The summed E-state index contributed by atoms with van der Waals surface area (Å²) >= 11 is 0.692. The van der Waals surface area contributed by atoms with Gasteiger partial charge in [-0.3, -0.25) is 4.79 Å². The van der Waals surface area contributed by atoms with E-state index in [9.17, 15) is 21.6 Å². The normalized spacial score (nSPS) is 21.1. The van der Waals surface area contributed by atoms with Gasteiger partial charge in [0, 0.05) is 17.2 Å². The van der Waals surface area contributed by atoms with Gasteiger partial charge in [0.05, 0.1) is 5.25 Å². The molecule has 1 unspecified atom stereocenters. The molecule has 1 aliphatic rings. The van der Waals surface area contributed by atoms with Crippen LogP contribution in [-0.2, 0) is 19.9 Å². The van der Waals surface area contributed by atoms with Crippen molar-refractivity contribution in [1.29, 1.82) is 0 Å². The molecule has 7 nitrogen and oxygen atoms in total. The fourth-order valence-corrected chi connectivity index (χ4v) is 8.08. The van der Waals surface area contributed by atoms with Gasteiger partial charge in [-0.15, -0.1) is 11.3 Å². The molecule has 28 heavy (non-hydrogen) atoms. The molecule has 1 aromatic carbocycles. The molecule has 0 bridgehead atoms. The van der Waals surface area contributed by atoms with E-state index in [-0.39, 0.29) is 20.0 Å². The van der Waals surface area contributed by atoms with Gasteiger partial charge < -0.3 is 5.32 Å². The van der Waals surface area contributed by atoms with Crippen molar-refractivity contribution in [3.05, 3.63) is 47.0 Å². The maximum atomic E-state index is 12.7. The molecule has 2 aromatic rings. The average molecular weight is 443 g/mol. The SMILES string of the molecule is CCN[C@H]1CC(C)S(=O)(=O)c2sc(S(=O)(=O)NC(=O)c3ccc(C)cc3)cc21. The number of hydrogen-bond acceptors (Lipinski definition) is 7. The number of carbonyl (C=O) groups is 1. The number of sulfonamides is 1. The number of sulfone groups is 1. The molecular weight excluding hydrogens is 420 g/mol. The standard InChI is InChI=1S/C18H22N2O5S3/c1-4-19-15-9-12(3)27(22,23)18-14(15)10-16(26-18)28(24,25)20-17(21)13-7-5-11(2)6-8-13/h5-8,10,12,15,19H,4,9H2,1-3H3,(H,20,21)/t12?,15-/m0/s1. The Balaban J connectivity index is 1.96. The number of thiophene rings is 1. The first-order valence-electron chi connectivity index (χ1n) is 8.81. The third kappa shape index (κ3) is 3.86. The van der Waals surface area contributed by atoms with Crippen LogP contribution in [0.5, 0.6) is 0 Å². The minimum Gasteiger partial charge on any atom is -0.310 e. The van der Waals surface area contributed by atoms with Gasteiger partial charge in [-0.25, -0.2) is 21.6 Å². The molecule has 0 saturated heterocycles. The quantitative estimate of drug-likeness (QED) is 0.736. The first-order chi connectivity index (χ1) is 13.1. The van der Waals surface area contributed by atoms with Crippen LogP contribution in [0.4, 0.5) is 0 Å². The lowest BCUT2D eigenvalue weighted by atomic mass is 10.1. The summed E-state index contributed by atoms with van der Waals surface area (Å²) in [4.78, 5) is 12.3. The number of hydrogen-bond donors (Lipinski definition) is 2. The summed E-state index contributed by atoms with van der Waals surface area (Å²) in [5, 5.41) is 2.59. The Morgan fingerprint density at radius 3 is 2.50 bits per heavy atom. The van der Waals surface area contributed by atoms with Crippen molar-refractivity contribution in [2.75, 3.05) is 6.54 Å². The van der Waals surface area contributed by atoms with Crippen molar-refractivity contribution in [3.8, 4) is 0 Å². The second kappa shape index (κ2) is 7.58. The molecule has 0 radical (unpaired) electrons. The Labute approximate surface area is 169 Å². The summed E-state index contributed by atoms with van der Waals surface area (Å²) in [6.07, 6.45) is 0.370. The molecule has 10 heteroatoms. The molecule has 0 fully saturated rings. The monoisotopic (exact) mass is 442 g/mol. The molecule has 152 valence electrons. The highest BCUT2D eigenvalue weighted by molar-refractivity contribution is 7.95. The van der Waals surface area contributed by atoms with Crippen molar-refractivity contribution < 1.29 is 21.6 Å². The highest BCUT2D eigenvalue weighted by atomic mass is 32.3. The molecule has 1 aromatic heterocycles. The van der Waals surface area contributed by atoms with Crippen LogP contribution in [0.3, 0.4) is 0 Å². The third-order valence-electron chi connectivity index (χ3n) is 4.69. The Morgan fingerprint density at radius 1 is 1.25 bits per heavy atom. The summed E-state index contributed by atoms with van der Waals surface area (Å²) in [5.74, 6) is -0.758. The van der Waals surface area contributed by atoms with Gasteiger partial charge in [0.1, 0.15) is 8.42 Å². The number of aryl methyl sites for hydroxylation is 1. The van der Waals surface area contributed by atoms with E-state index < -0.39 is 31.0 Å². The van der Waals surface area contributed by atoms with Crippen LogP contribution >= 0.6 is 11.3 Å². The largest absolute Gasteiger partial charge is 0.310 e. The summed E-state index contributed by atoms with van der Waals surface area (Å²) in [7, 11) is -7.79. The van der Waals surface area contributed by atoms with Gasteiger partial charge in [0.15, 0.2) is 9.84 Å². The number of rotatable bonds is 5. The van der Waals surface area contributed by atoms with Crippen molar-refractivity contribution in [2.24, 2.45) is 0 Å². The van der Waals surface area contributed by atoms with Crippen molar-refractivity contribution >= 4 is 37.1 Å². The molecule has 3 rings (SSSR count). The number of nitrogens with one attached hydrogen (secondary N) is 2. The predicted octanol–water partition coefficient (Wildman–Crippen LogP) is 2.39. The number of amides is 1. The topological polar surface area (TPSA) is 109 Å². The maximum Gasteiger partial charge on any atom is 0.273 e. The fraction of sp³-hybridized carbons (Fsp3) is 0.389. The van der Waals surface area contributed by atoms with Crippen LogP contribution in [0.2, 0.25) is 0 Å². The molecule has 0 spiro atoms. The number of benzene rings is 1. The lowest BCUT2D eigenvalue weighted by molar-refractivity contribution is 0.0981. The number of carbonyl (C=O) groups excluding carboxylic acids is 1. The molecule has 2 heterocycles. The molecule has 2 atom stereocenters. The van der Waals surface area contributed by atoms with Crippen LogP contribution in [0, 0.1) is 6.92 Å². The van der Waals surface area contributed by atoms with Gasteiger partial charge in [0.25, 0.3) is 15.9 Å². The van der Waals surface area contributed by atoms with E-state index in [1.165, 1.54) is 18.2 Å². The third-order valence-corrected chi connectivity index (χ3v) is 10.4. The van der Waals surface area contributed by atoms with E-state index in [2.05, 4.69) is 5.32 Å². The lowest BCUT2D eigenvalue weighted by Gasteiger charge is -2.27. The van der Waals surface area contributed by atoms with E-state index in [1.807, 2.05) is 18.6 Å². The second-order valence-corrected chi connectivity index (χ2v) is 12.3. The van der Waals surface area contributed by atoms with Crippen LogP contribution in [0.1, 0.15) is 47.8 Å². The zero-order valence-corrected chi connectivity index (χ0v) is 18.2. The van der Waals surface area contributed by atoms with Crippen molar-refractivity contribution in [3.63, 3.8) is 0 Å². The fourth-order valence-electron chi connectivity index (χ4n) is 3.11. The van der Waals surface area contributed by atoms with Crippen molar-refractivity contribution in [1.82, 2.24) is 10.0 Å². The smallest absolute Gasteiger partial charge is 0.273 e. The predicted molar refractivity (Wildman–Crippen MR) is 108 cm³/mol. The molecule has 0 aliphatic carbocycles. The molecule has 0 saturated carbocycles. The maximum absolute atomic E-state index is 12.7. The van der Waals surface area contributed by atoms with E-state index in [4.69, 9.17) is 0 Å². The minimum absolute atomic E-state index is 0.0559. The summed E-state index contributed by atoms with van der Waals surface area (Å²) in [5.41, 5.74) is 1.61. The summed E-state index contributed by atoms with van der Waals surface area (Å²) in [6, 6.07) is 7.61. The molecule has 1 aliphatic heterocycles. The van der Waals surface area contributed by atoms with Gasteiger partial charge >= 0.3 is 0 Å². The Morgan fingerprint density at radius 2 is 1.89 bits per heavy atom. The van der Waals surface area contributed by atoms with Gasteiger partial charge in [-0.05, 0) is 45.0 Å². The molecule has 1 amide bonds. The summed E-state index contributed by atoms with van der Waals surface area (Å²) < 4.78 is 52.7. The minimum atomic E-state index is -4.19. The first kappa shape index (κ1) is 21.0. The van der Waals surface area contributed by atoms with E-state index in [0.29, 0.717) is 29.9 Å². The van der Waals surface area contributed by atoms with E-state index in [0.717, 1.165) is 5.56 Å². The van der Waals surface area contributed by atoms with Crippen LogP contribution < -0.4 is 10.0 Å². The zero-order valence-electron chi connectivity index (χ0n) is 15.7. The Kier molecular flexibility index (Phi) is 5.68. The van der Waals surface area contributed by atoms with Crippen molar-refractivity contribution in [2.45, 2.75) is 46.9 Å². The zero-order chi connectivity index (χ0) is 20.7.